The quantitative estimate of drug-likeness (QED) is 0.107. The van der Waals surface area contributed by atoms with Crippen LogP contribution in [0.25, 0.3) is 22.3 Å². The van der Waals surface area contributed by atoms with Crippen LogP contribution in [0.4, 0.5) is 0 Å². The highest BCUT2D eigenvalue weighted by Crippen LogP contribution is 2.63. The first kappa shape index (κ1) is 56.9. The van der Waals surface area contributed by atoms with E-state index >= 15 is 0 Å². The van der Waals surface area contributed by atoms with E-state index in [9.17, 15) is 0 Å². The SMILES string of the molecule is C=C/C(=C\C=C/C)C1(c2ccccc2)C2=C(CCC=C2)c2ccccc21.C=CC1=C(/C=C\C)C(CC)=C(/C=C\C)C12c1ccccc1-c1cc(C)ccc12.CC.CCC.Cc1ccc2c(c1)C1C=CCCC1C1=C2C=CCC1. The number of rotatable bonds is 8. The average Bonchev–Trinajstić information content (AvgIpc) is 4.06. The van der Waals surface area contributed by atoms with Crippen LogP contribution in [0.3, 0.4) is 0 Å². The highest BCUT2D eigenvalue weighted by molar-refractivity contribution is 5.91. The molecule has 4 atom stereocenters. The lowest BCUT2D eigenvalue weighted by atomic mass is 9.65. The van der Waals surface area contributed by atoms with Crippen molar-refractivity contribution in [2.75, 3.05) is 0 Å². The van der Waals surface area contributed by atoms with Crippen LogP contribution in [0, 0.1) is 19.8 Å². The fourth-order valence-corrected chi connectivity index (χ4v) is 13.9. The van der Waals surface area contributed by atoms with Crippen molar-refractivity contribution in [3.05, 3.63) is 309 Å². The Labute approximate surface area is 471 Å². The van der Waals surface area contributed by atoms with Gasteiger partial charge >= 0.3 is 0 Å². The van der Waals surface area contributed by atoms with Crippen LogP contribution in [0.1, 0.15) is 163 Å². The Balaban J connectivity index is 0.000000150. The minimum Gasteiger partial charge on any atom is -0.0987 e. The molecule has 0 saturated carbocycles. The van der Waals surface area contributed by atoms with E-state index in [2.05, 4.69) is 269 Å². The normalized spacial score (nSPS) is 21.8. The van der Waals surface area contributed by atoms with Crippen molar-refractivity contribution in [1.29, 1.82) is 0 Å². The molecule has 5 aromatic carbocycles. The summed E-state index contributed by atoms with van der Waals surface area (Å²) in [6, 6.07) is 42.6. The second kappa shape index (κ2) is 25.9. The van der Waals surface area contributed by atoms with Crippen LogP contribution in [-0.4, -0.2) is 0 Å². The molecule has 78 heavy (non-hydrogen) atoms. The summed E-state index contributed by atoms with van der Waals surface area (Å²) < 4.78 is 0. The van der Waals surface area contributed by atoms with Gasteiger partial charge in [0.1, 0.15) is 0 Å². The number of fused-ring (bicyclic) bond motifs is 12. The third kappa shape index (κ3) is 9.98. The van der Waals surface area contributed by atoms with Crippen LogP contribution in [0.15, 0.2) is 259 Å². The fourth-order valence-electron chi connectivity index (χ4n) is 13.9. The molecule has 0 heterocycles. The molecular weight excluding hydrogens is 937 g/mol. The van der Waals surface area contributed by atoms with Crippen LogP contribution in [0.2, 0.25) is 0 Å². The van der Waals surface area contributed by atoms with Gasteiger partial charge in [-0.3, -0.25) is 0 Å². The van der Waals surface area contributed by atoms with E-state index < -0.39 is 0 Å². The number of allylic oxidation sites excluding steroid dienone is 24. The van der Waals surface area contributed by atoms with Gasteiger partial charge in [-0.05, 0) is 180 Å². The molecule has 0 aromatic heterocycles. The van der Waals surface area contributed by atoms with Crippen LogP contribution in [0.5, 0.6) is 0 Å². The molecule has 0 N–H and O–H groups in total. The van der Waals surface area contributed by atoms with Gasteiger partial charge in [-0.25, -0.2) is 0 Å². The van der Waals surface area contributed by atoms with Crippen molar-refractivity contribution in [2.45, 2.75) is 137 Å². The molecule has 0 radical (unpaired) electrons. The van der Waals surface area contributed by atoms with Gasteiger partial charge < -0.3 is 0 Å². The van der Waals surface area contributed by atoms with Crippen molar-refractivity contribution in [1.82, 2.24) is 0 Å². The Kier molecular flexibility index (Phi) is 18.9. The van der Waals surface area contributed by atoms with Gasteiger partial charge in [0.2, 0.25) is 0 Å². The van der Waals surface area contributed by atoms with Crippen molar-refractivity contribution in [3.63, 3.8) is 0 Å². The summed E-state index contributed by atoms with van der Waals surface area (Å²) in [4.78, 5) is 0. The monoisotopic (exact) mass is 1020 g/mol. The molecule has 0 amide bonds. The van der Waals surface area contributed by atoms with E-state index in [0.29, 0.717) is 5.92 Å². The van der Waals surface area contributed by atoms with E-state index in [1.165, 1.54) is 132 Å². The van der Waals surface area contributed by atoms with Crippen molar-refractivity contribution in [3.8, 4) is 11.1 Å². The predicted molar refractivity (Wildman–Crippen MR) is 342 cm³/mol. The minimum absolute atomic E-state index is 0.270. The largest absolute Gasteiger partial charge is 0.0987 e. The Hall–Kier alpha value is -7.28. The topological polar surface area (TPSA) is 0 Å². The van der Waals surface area contributed by atoms with E-state index in [0.717, 1.165) is 25.2 Å². The second-order valence-corrected chi connectivity index (χ2v) is 21.3. The maximum Gasteiger partial charge on any atom is 0.0721 e. The first-order valence-electron chi connectivity index (χ1n) is 29.5. The summed E-state index contributed by atoms with van der Waals surface area (Å²) >= 11 is 0. The molecule has 0 fully saturated rings. The highest BCUT2D eigenvalue weighted by Gasteiger charge is 2.52. The molecule has 4 unspecified atom stereocenters. The molecule has 0 bridgehead atoms. The zero-order valence-corrected chi connectivity index (χ0v) is 48.9. The van der Waals surface area contributed by atoms with Crippen LogP contribution < -0.4 is 0 Å². The third-order valence-corrected chi connectivity index (χ3v) is 16.7. The Bertz CT molecular complexity index is 3370. The fraction of sp³-hybridized carbons (Fsp3) is 0.282. The van der Waals surface area contributed by atoms with Gasteiger partial charge in [-0.15, -0.1) is 0 Å². The minimum atomic E-state index is -0.286. The van der Waals surface area contributed by atoms with Gasteiger partial charge in [-0.2, -0.15) is 0 Å². The molecule has 398 valence electrons. The Morgan fingerprint density at radius 1 is 0.628 bits per heavy atom. The molecule has 12 rings (SSSR count). The number of aryl methyl sites for hydroxylation is 2. The van der Waals surface area contributed by atoms with E-state index in [4.69, 9.17) is 0 Å². The average molecular weight is 1020 g/mol. The smallest absolute Gasteiger partial charge is 0.0721 e. The maximum atomic E-state index is 4.28. The zero-order chi connectivity index (χ0) is 55.4. The van der Waals surface area contributed by atoms with Crippen molar-refractivity contribution in [2.24, 2.45) is 5.92 Å². The summed E-state index contributed by atoms with van der Waals surface area (Å²) in [5, 5.41) is 0. The lowest BCUT2D eigenvalue weighted by Gasteiger charge is -2.38. The van der Waals surface area contributed by atoms with Gasteiger partial charge in [0.25, 0.3) is 0 Å². The zero-order valence-electron chi connectivity index (χ0n) is 48.9. The molecule has 0 saturated heterocycles. The molecule has 1 spiro atoms. The molecule has 0 heteroatoms. The Morgan fingerprint density at radius 2 is 1.28 bits per heavy atom. The number of hydrogen-bond donors (Lipinski definition) is 0. The maximum absolute atomic E-state index is 4.28. The van der Waals surface area contributed by atoms with Gasteiger partial charge in [0, 0.05) is 5.92 Å². The van der Waals surface area contributed by atoms with Gasteiger partial charge in [-0.1, -0.05) is 277 Å². The first-order chi connectivity index (χ1) is 38.2. The lowest BCUT2D eigenvalue weighted by molar-refractivity contribution is 0.472. The van der Waals surface area contributed by atoms with Crippen LogP contribution in [-0.2, 0) is 10.8 Å². The van der Waals surface area contributed by atoms with E-state index in [1.807, 2.05) is 19.9 Å². The van der Waals surface area contributed by atoms with Gasteiger partial charge in [0.05, 0.1) is 10.8 Å². The van der Waals surface area contributed by atoms with E-state index in [1.54, 1.807) is 11.1 Å². The summed E-state index contributed by atoms with van der Waals surface area (Å²) in [6.07, 6.45) is 43.3. The first-order valence-corrected chi connectivity index (χ1v) is 29.5. The molecule has 0 aliphatic heterocycles. The molecule has 0 nitrogen and oxygen atoms in total. The standard InChI is InChI=1S/C28H28.C26H24.C19H20.C3H8.C2H6/c1-6-12-21-20(8-3)25(13-7-2)28(24(21)9-4)26-15-11-10-14-22(26)23-18-19(5)16-17-27(23)28;1-3-5-13-20(4-2)26(21-14-7-6-8-15-21)24-18-11-9-16-22(24)23-17-10-12-19-25(23)26;1-13-10-11-18-16-8-3-2-6-14(16)15-7-4-5-9-17(15)19(18)12-13;1-3-2;1-2/h6-7,9-18H,4,8H2,1-3,5H3;3-9,11-16,18-19H,2,10,17H2,1H3;3,5,8-12,15,17H,2,4,6-7H2,1H3;3H2,1-2H3;1-2H3/b12-6-,13-7-;5-3-,20-13+;;;. The number of hydrogen-bond acceptors (Lipinski definition) is 0. The highest BCUT2D eigenvalue weighted by atomic mass is 14.5. The summed E-state index contributed by atoms with van der Waals surface area (Å²) in [5.74, 6) is 1.40. The van der Waals surface area contributed by atoms with Crippen LogP contribution >= 0.6 is 0 Å². The second-order valence-electron chi connectivity index (χ2n) is 21.3. The van der Waals surface area contributed by atoms with Crippen molar-refractivity contribution >= 4 is 11.1 Å². The molecule has 5 aromatic rings. The third-order valence-electron chi connectivity index (χ3n) is 16.7. The predicted octanol–water partition coefficient (Wildman–Crippen LogP) is 22.0. The van der Waals surface area contributed by atoms with Gasteiger partial charge in [0.15, 0.2) is 0 Å². The number of benzene rings is 5. The van der Waals surface area contributed by atoms with E-state index in [-0.39, 0.29) is 10.8 Å². The summed E-state index contributed by atoms with van der Waals surface area (Å²) in [7, 11) is 0. The summed E-state index contributed by atoms with van der Waals surface area (Å²) in [5.41, 5.74) is 27.6. The Morgan fingerprint density at radius 3 is 1.99 bits per heavy atom. The molecule has 7 aliphatic carbocycles. The van der Waals surface area contributed by atoms with Crippen molar-refractivity contribution < 1.29 is 0 Å². The summed E-state index contributed by atoms with van der Waals surface area (Å²) in [6.45, 7) is 29.6. The molecular formula is C78H86. The molecule has 7 aliphatic rings. The lowest BCUT2D eigenvalue weighted by Crippen LogP contribution is -2.30.